The van der Waals surface area contributed by atoms with Gasteiger partial charge in [0.05, 0.1) is 29.1 Å². The molecule has 3 aliphatic heterocycles. The summed E-state index contributed by atoms with van der Waals surface area (Å²) in [6, 6.07) is 16.3. The molecule has 38 heavy (non-hydrogen) atoms. The van der Waals surface area contributed by atoms with E-state index in [1.165, 1.54) is 18.2 Å². The van der Waals surface area contributed by atoms with Crippen molar-refractivity contribution >= 4 is 46.8 Å². The van der Waals surface area contributed by atoms with E-state index in [0.29, 0.717) is 10.7 Å². The van der Waals surface area contributed by atoms with Gasteiger partial charge in [-0.3, -0.25) is 14.4 Å². The number of hydrogen-bond acceptors (Lipinski definition) is 4. The van der Waals surface area contributed by atoms with Gasteiger partial charge in [-0.25, -0.2) is 4.90 Å². The molecule has 6 nitrogen and oxygen atoms in total. The number of carbonyl (C=O) groups is 3. The first kappa shape index (κ1) is 24.2. The van der Waals surface area contributed by atoms with Crippen molar-refractivity contribution in [3.63, 3.8) is 0 Å². The van der Waals surface area contributed by atoms with Gasteiger partial charge in [0.15, 0.2) is 0 Å². The Morgan fingerprint density at radius 2 is 1.63 bits per heavy atom. The standard InChI is InChI=1S/C28H19ClF3N3O3/c29-17-7-4-9-19(14-17)35-26(37)21-22(27(35)38)24(34-12-11-15-5-1-2-10-20(15)23(21)34)25(36)33-18-8-3-6-16(13-18)28(30,31)32/h1-14,21-24H,(H,33,36)/t21-,22+,23?,24-/m0/s1. The Morgan fingerprint density at radius 1 is 0.895 bits per heavy atom. The van der Waals surface area contributed by atoms with Crippen LogP contribution >= 0.6 is 11.6 Å². The number of fused-ring (bicyclic) bond motifs is 5. The third kappa shape index (κ3) is 3.77. The van der Waals surface area contributed by atoms with Gasteiger partial charge in [0.1, 0.15) is 6.04 Å². The molecule has 0 aromatic heterocycles. The van der Waals surface area contributed by atoms with Gasteiger partial charge < -0.3 is 10.2 Å². The molecule has 3 amide bonds. The predicted molar refractivity (Wildman–Crippen MR) is 135 cm³/mol. The molecule has 0 bridgehead atoms. The molecule has 2 fully saturated rings. The van der Waals surface area contributed by atoms with E-state index in [9.17, 15) is 27.6 Å². The van der Waals surface area contributed by atoms with Crippen LogP contribution in [0.3, 0.4) is 0 Å². The number of rotatable bonds is 3. The minimum atomic E-state index is -4.59. The number of benzene rings is 3. The van der Waals surface area contributed by atoms with Gasteiger partial charge in [0, 0.05) is 16.9 Å². The Bertz CT molecular complexity index is 1520. The molecule has 3 aromatic rings. The van der Waals surface area contributed by atoms with E-state index in [1.807, 2.05) is 24.3 Å². The number of hydrogen-bond donors (Lipinski definition) is 1. The lowest BCUT2D eigenvalue weighted by molar-refractivity contribution is -0.137. The Balaban J connectivity index is 1.42. The summed E-state index contributed by atoms with van der Waals surface area (Å²) in [5, 5.41) is 2.89. The monoisotopic (exact) mass is 537 g/mol. The van der Waals surface area contributed by atoms with Crippen molar-refractivity contribution in [2.45, 2.75) is 18.3 Å². The summed E-state index contributed by atoms with van der Waals surface area (Å²) in [5.41, 5.74) is 0.963. The summed E-state index contributed by atoms with van der Waals surface area (Å²) in [6.07, 6.45) is -1.12. The number of carbonyl (C=O) groups excluding carboxylic acids is 3. The van der Waals surface area contributed by atoms with E-state index in [4.69, 9.17) is 11.6 Å². The normalized spacial score (nSPS) is 23.8. The third-order valence-electron chi connectivity index (χ3n) is 7.25. The van der Waals surface area contributed by atoms with Gasteiger partial charge in [0.2, 0.25) is 17.7 Å². The van der Waals surface area contributed by atoms with Crippen LogP contribution in [0.25, 0.3) is 6.08 Å². The first-order valence-electron chi connectivity index (χ1n) is 11.8. The van der Waals surface area contributed by atoms with E-state index >= 15 is 0 Å². The number of anilines is 2. The van der Waals surface area contributed by atoms with E-state index in [2.05, 4.69) is 5.32 Å². The SMILES string of the molecule is O=C(Nc1cccc(C(F)(F)F)c1)[C@@H]1[C@@H]2C(=O)N(c3cccc(Cl)c3)C(=O)[C@@H]2C2c3ccccc3C=CN21. The Hall–Kier alpha value is -4.11. The molecule has 0 saturated carbocycles. The number of halogens is 4. The van der Waals surface area contributed by atoms with Crippen molar-refractivity contribution in [3.05, 3.63) is 101 Å². The summed E-state index contributed by atoms with van der Waals surface area (Å²) >= 11 is 6.12. The quantitative estimate of drug-likeness (QED) is 0.447. The second-order valence-corrected chi connectivity index (χ2v) is 9.83. The van der Waals surface area contributed by atoms with E-state index in [1.54, 1.807) is 35.4 Å². The van der Waals surface area contributed by atoms with Crippen LogP contribution in [0.4, 0.5) is 24.5 Å². The lowest BCUT2D eigenvalue weighted by Crippen LogP contribution is -2.46. The first-order chi connectivity index (χ1) is 18.1. The second kappa shape index (κ2) is 8.73. The first-order valence-corrected chi connectivity index (χ1v) is 12.2. The zero-order valence-electron chi connectivity index (χ0n) is 19.5. The molecule has 0 radical (unpaired) electrons. The molecule has 3 heterocycles. The molecule has 192 valence electrons. The number of imide groups is 1. The fourth-order valence-corrected chi connectivity index (χ4v) is 5.90. The van der Waals surface area contributed by atoms with Gasteiger partial charge in [-0.15, -0.1) is 0 Å². The average Bonchev–Trinajstić information content (AvgIpc) is 3.36. The largest absolute Gasteiger partial charge is 0.416 e. The molecular formula is C28H19ClF3N3O3. The van der Waals surface area contributed by atoms with Gasteiger partial charge in [0.25, 0.3) is 0 Å². The third-order valence-corrected chi connectivity index (χ3v) is 7.49. The average molecular weight is 538 g/mol. The van der Waals surface area contributed by atoms with Gasteiger partial charge in [-0.05, 0) is 53.6 Å². The minimum absolute atomic E-state index is 0.0605. The Kier molecular flexibility index (Phi) is 5.57. The highest BCUT2D eigenvalue weighted by Crippen LogP contribution is 2.53. The van der Waals surface area contributed by atoms with Crippen LogP contribution in [0, 0.1) is 11.8 Å². The molecule has 0 spiro atoms. The summed E-state index contributed by atoms with van der Waals surface area (Å²) in [5.74, 6) is -3.65. The van der Waals surface area contributed by atoms with Crippen LogP contribution in [0.2, 0.25) is 5.02 Å². The van der Waals surface area contributed by atoms with Crippen molar-refractivity contribution in [2.24, 2.45) is 11.8 Å². The Morgan fingerprint density at radius 3 is 2.39 bits per heavy atom. The maximum atomic E-state index is 13.8. The van der Waals surface area contributed by atoms with Gasteiger partial charge >= 0.3 is 6.18 Å². The molecule has 6 rings (SSSR count). The van der Waals surface area contributed by atoms with E-state index in [-0.39, 0.29) is 5.69 Å². The molecule has 1 unspecified atom stereocenters. The van der Waals surface area contributed by atoms with Crippen LogP contribution in [-0.2, 0) is 20.6 Å². The number of alkyl halides is 3. The van der Waals surface area contributed by atoms with Crippen LogP contribution < -0.4 is 10.2 Å². The topological polar surface area (TPSA) is 69.7 Å². The summed E-state index contributed by atoms with van der Waals surface area (Å²) < 4.78 is 39.7. The van der Waals surface area contributed by atoms with Crippen molar-refractivity contribution in [1.82, 2.24) is 4.90 Å². The van der Waals surface area contributed by atoms with Crippen LogP contribution in [0.1, 0.15) is 22.7 Å². The second-order valence-electron chi connectivity index (χ2n) is 9.39. The molecular weight excluding hydrogens is 519 g/mol. The highest BCUT2D eigenvalue weighted by molar-refractivity contribution is 6.31. The van der Waals surface area contributed by atoms with Crippen molar-refractivity contribution < 1.29 is 27.6 Å². The molecule has 1 N–H and O–H groups in total. The molecule has 3 aliphatic rings. The van der Waals surface area contributed by atoms with Crippen molar-refractivity contribution in [3.8, 4) is 0 Å². The lowest BCUT2D eigenvalue weighted by Gasteiger charge is -2.35. The molecule has 2 saturated heterocycles. The maximum absolute atomic E-state index is 13.8. The molecule has 0 aliphatic carbocycles. The summed E-state index contributed by atoms with van der Waals surface area (Å²) in [7, 11) is 0. The van der Waals surface area contributed by atoms with Crippen molar-refractivity contribution in [2.75, 3.05) is 10.2 Å². The smallest absolute Gasteiger partial charge is 0.357 e. The van der Waals surface area contributed by atoms with Gasteiger partial charge in [-0.2, -0.15) is 13.2 Å². The van der Waals surface area contributed by atoms with Gasteiger partial charge in [-0.1, -0.05) is 48.0 Å². The predicted octanol–water partition coefficient (Wildman–Crippen LogP) is 5.51. The Labute approximate surface area is 220 Å². The van der Waals surface area contributed by atoms with Crippen LogP contribution in [0.5, 0.6) is 0 Å². The molecule has 10 heteroatoms. The zero-order valence-corrected chi connectivity index (χ0v) is 20.3. The van der Waals surface area contributed by atoms with Crippen LogP contribution in [0.15, 0.2) is 79.0 Å². The molecule has 3 aromatic carbocycles. The fraction of sp³-hybridized carbons (Fsp3) is 0.179. The minimum Gasteiger partial charge on any atom is -0.357 e. The lowest BCUT2D eigenvalue weighted by atomic mass is 9.84. The van der Waals surface area contributed by atoms with Crippen LogP contribution in [-0.4, -0.2) is 28.7 Å². The number of nitrogens with one attached hydrogen (secondary N) is 1. The highest BCUT2D eigenvalue weighted by atomic mass is 35.5. The zero-order chi connectivity index (χ0) is 26.8. The summed E-state index contributed by atoms with van der Waals surface area (Å²) in [4.78, 5) is 44.0. The van der Waals surface area contributed by atoms with Crippen molar-refractivity contribution in [1.29, 1.82) is 0 Å². The fourth-order valence-electron chi connectivity index (χ4n) is 5.72. The van der Waals surface area contributed by atoms with E-state index in [0.717, 1.165) is 28.2 Å². The summed E-state index contributed by atoms with van der Waals surface area (Å²) in [6.45, 7) is 0. The number of amides is 3. The maximum Gasteiger partial charge on any atom is 0.416 e. The highest BCUT2D eigenvalue weighted by Gasteiger charge is 2.64. The van der Waals surface area contributed by atoms with E-state index < -0.39 is 53.4 Å². The molecule has 4 atom stereocenters. The number of nitrogens with zero attached hydrogens (tertiary/aromatic N) is 2.